The Kier molecular flexibility index (Phi) is 8.04. The molecule has 0 spiro atoms. The maximum atomic E-state index is 13.0. The molecule has 0 aromatic heterocycles. The lowest BCUT2D eigenvalue weighted by molar-refractivity contribution is -0.137. The molecule has 0 saturated heterocycles. The van der Waals surface area contributed by atoms with Crippen LogP contribution in [0.25, 0.3) is 0 Å². The number of benzene rings is 1. The average Bonchev–Trinajstić information content (AvgIpc) is 2.57. The van der Waals surface area contributed by atoms with Crippen LogP contribution in [0.1, 0.15) is 37.6 Å². The smallest absolute Gasteiger partial charge is 0.251 e. The van der Waals surface area contributed by atoms with Crippen LogP contribution in [0, 0.1) is 11.7 Å². The summed E-state index contributed by atoms with van der Waals surface area (Å²) in [7, 11) is 1.52. The minimum atomic E-state index is -0.776. The maximum absolute atomic E-state index is 13.0. The van der Waals surface area contributed by atoms with Crippen molar-refractivity contribution < 1.29 is 18.8 Å². The van der Waals surface area contributed by atoms with E-state index in [1.165, 1.54) is 36.2 Å². The summed E-state index contributed by atoms with van der Waals surface area (Å²) in [5.41, 5.74) is 0.267. The van der Waals surface area contributed by atoms with Crippen LogP contribution >= 0.6 is 0 Å². The molecule has 1 aromatic rings. The number of carbonyl (C=O) groups excluding carboxylic acids is 3. The average molecular weight is 351 g/mol. The van der Waals surface area contributed by atoms with Crippen molar-refractivity contribution in [2.24, 2.45) is 5.92 Å². The number of rotatable bonds is 8. The molecule has 0 saturated carbocycles. The van der Waals surface area contributed by atoms with Gasteiger partial charge in [-0.05, 0) is 36.6 Å². The molecule has 0 heterocycles. The Bertz CT molecular complexity index is 602. The van der Waals surface area contributed by atoms with E-state index in [-0.39, 0.29) is 29.8 Å². The SMILES string of the molecule is CCCNC(=O)CN(C)C(=O)[C@@H](NC(=O)c1ccc(F)cc1)C(C)C. The Morgan fingerprint density at radius 3 is 2.28 bits per heavy atom. The first-order valence-corrected chi connectivity index (χ1v) is 8.34. The van der Waals surface area contributed by atoms with Crippen LogP contribution in [0.3, 0.4) is 0 Å². The summed E-state index contributed by atoms with van der Waals surface area (Å²) in [4.78, 5) is 37.9. The van der Waals surface area contributed by atoms with E-state index in [2.05, 4.69) is 10.6 Å². The normalized spacial score (nSPS) is 11.8. The van der Waals surface area contributed by atoms with Crippen LogP contribution in [0.15, 0.2) is 24.3 Å². The number of nitrogens with one attached hydrogen (secondary N) is 2. The first kappa shape index (κ1) is 20.6. The van der Waals surface area contributed by atoms with Gasteiger partial charge in [-0.3, -0.25) is 14.4 Å². The van der Waals surface area contributed by atoms with Gasteiger partial charge in [-0.1, -0.05) is 20.8 Å². The van der Waals surface area contributed by atoms with Gasteiger partial charge in [0.15, 0.2) is 0 Å². The molecule has 0 fully saturated rings. The van der Waals surface area contributed by atoms with Gasteiger partial charge in [-0.15, -0.1) is 0 Å². The van der Waals surface area contributed by atoms with Crippen LogP contribution in [0.4, 0.5) is 4.39 Å². The highest BCUT2D eigenvalue weighted by Gasteiger charge is 2.28. The molecular formula is C18H26FN3O3. The van der Waals surface area contributed by atoms with E-state index in [9.17, 15) is 18.8 Å². The quantitative estimate of drug-likeness (QED) is 0.746. The Hall–Kier alpha value is -2.44. The topological polar surface area (TPSA) is 78.5 Å². The number of nitrogens with zero attached hydrogens (tertiary/aromatic N) is 1. The van der Waals surface area contributed by atoms with Crippen molar-refractivity contribution in [2.45, 2.75) is 33.2 Å². The van der Waals surface area contributed by atoms with Crippen molar-refractivity contribution in [3.63, 3.8) is 0 Å². The lowest BCUT2D eigenvalue weighted by Gasteiger charge is -2.26. The molecule has 0 aliphatic carbocycles. The van der Waals surface area contributed by atoms with Crippen molar-refractivity contribution >= 4 is 17.7 Å². The molecule has 0 unspecified atom stereocenters. The van der Waals surface area contributed by atoms with Gasteiger partial charge in [-0.2, -0.15) is 0 Å². The number of carbonyl (C=O) groups is 3. The second-order valence-electron chi connectivity index (χ2n) is 6.25. The second kappa shape index (κ2) is 9.76. The van der Waals surface area contributed by atoms with Gasteiger partial charge in [-0.25, -0.2) is 4.39 Å². The van der Waals surface area contributed by atoms with Gasteiger partial charge in [0.1, 0.15) is 11.9 Å². The van der Waals surface area contributed by atoms with Crippen LogP contribution in [-0.4, -0.2) is 48.8 Å². The van der Waals surface area contributed by atoms with E-state index in [0.29, 0.717) is 6.54 Å². The van der Waals surface area contributed by atoms with Crippen LogP contribution in [0.5, 0.6) is 0 Å². The summed E-state index contributed by atoms with van der Waals surface area (Å²) in [5.74, 6) is -1.66. The Morgan fingerprint density at radius 1 is 1.16 bits per heavy atom. The molecule has 0 radical (unpaired) electrons. The van der Waals surface area contributed by atoms with Gasteiger partial charge in [0, 0.05) is 19.2 Å². The molecule has 1 atom stereocenters. The fourth-order valence-electron chi connectivity index (χ4n) is 2.19. The largest absolute Gasteiger partial charge is 0.355 e. The van der Waals surface area contributed by atoms with E-state index in [4.69, 9.17) is 0 Å². The highest BCUT2D eigenvalue weighted by Crippen LogP contribution is 2.08. The lowest BCUT2D eigenvalue weighted by Crippen LogP contribution is -2.52. The van der Waals surface area contributed by atoms with Gasteiger partial charge in [0.25, 0.3) is 5.91 Å². The van der Waals surface area contributed by atoms with E-state index in [1.54, 1.807) is 13.8 Å². The number of hydrogen-bond acceptors (Lipinski definition) is 3. The summed E-state index contributed by atoms with van der Waals surface area (Å²) in [6.45, 7) is 6.02. The van der Waals surface area contributed by atoms with Gasteiger partial charge >= 0.3 is 0 Å². The van der Waals surface area contributed by atoms with Crippen molar-refractivity contribution in [3.8, 4) is 0 Å². The molecule has 25 heavy (non-hydrogen) atoms. The molecule has 0 aliphatic rings. The Morgan fingerprint density at radius 2 is 1.76 bits per heavy atom. The first-order chi connectivity index (χ1) is 11.8. The van der Waals surface area contributed by atoms with Crippen molar-refractivity contribution in [3.05, 3.63) is 35.6 Å². The fourth-order valence-corrected chi connectivity index (χ4v) is 2.19. The zero-order valence-electron chi connectivity index (χ0n) is 15.1. The highest BCUT2D eigenvalue weighted by atomic mass is 19.1. The van der Waals surface area contributed by atoms with Crippen molar-refractivity contribution in [1.29, 1.82) is 0 Å². The highest BCUT2D eigenvalue weighted by molar-refractivity contribution is 5.98. The van der Waals surface area contributed by atoms with E-state index < -0.39 is 17.8 Å². The van der Waals surface area contributed by atoms with Crippen molar-refractivity contribution in [2.75, 3.05) is 20.1 Å². The Labute approximate surface area is 147 Å². The summed E-state index contributed by atoms with van der Waals surface area (Å²) in [6.07, 6.45) is 0.811. The predicted molar refractivity (Wildman–Crippen MR) is 93.4 cm³/mol. The molecule has 7 heteroatoms. The molecule has 3 amide bonds. The van der Waals surface area contributed by atoms with Crippen molar-refractivity contribution in [1.82, 2.24) is 15.5 Å². The van der Waals surface area contributed by atoms with Crippen LogP contribution in [0.2, 0.25) is 0 Å². The summed E-state index contributed by atoms with van der Waals surface area (Å²) >= 11 is 0. The molecule has 0 bridgehead atoms. The molecule has 0 aliphatic heterocycles. The van der Waals surface area contributed by atoms with Crippen LogP contribution in [-0.2, 0) is 9.59 Å². The summed E-state index contributed by atoms with van der Waals surface area (Å²) in [5, 5.41) is 5.37. The number of likely N-dealkylation sites (N-methyl/N-ethyl adjacent to an activating group) is 1. The van der Waals surface area contributed by atoms with Gasteiger partial charge < -0.3 is 15.5 Å². The fraction of sp³-hybridized carbons (Fsp3) is 0.500. The number of amides is 3. The molecule has 1 rings (SSSR count). The second-order valence-corrected chi connectivity index (χ2v) is 6.25. The zero-order valence-corrected chi connectivity index (χ0v) is 15.1. The molecule has 6 nitrogen and oxygen atoms in total. The number of halogens is 1. The minimum Gasteiger partial charge on any atom is -0.355 e. The third kappa shape index (κ3) is 6.52. The third-order valence-corrected chi connectivity index (χ3v) is 3.65. The van der Waals surface area contributed by atoms with E-state index >= 15 is 0 Å². The summed E-state index contributed by atoms with van der Waals surface area (Å²) in [6, 6.07) is 4.31. The molecule has 2 N–H and O–H groups in total. The lowest BCUT2D eigenvalue weighted by atomic mass is 10.0. The molecule has 138 valence electrons. The number of hydrogen-bond donors (Lipinski definition) is 2. The minimum absolute atomic E-state index is 0.0749. The zero-order chi connectivity index (χ0) is 19.0. The molecule has 1 aromatic carbocycles. The molecular weight excluding hydrogens is 325 g/mol. The standard InChI is InChI=1S/C18H26FN3O3/c1-5-10-20-15(23)11-22(4)18(25)16(12(2)3)21-17(24)13-6-8-14(19)9-7-13/h6-9,12,16H,5,10-11H2,1-4H3,(H,20,23)(H,21,24)/t16-/m0/s1. The first-order valence-electron chi connectivity index (χ1n) is 8.34. The van der Waals surface area contributed by atoms with Gasteiger partial charge in [0.2, 0.25) is 11.8 Å². The van der Waals surface area contributed by atoms with Crippen LogP contribution < -0.4 is 10.6 Å². The summed E-state index contributed by atoms with van der Waals surface area (Å²) < 4.78 is 13.0. The maximum Gasteiger partial charge on any atom is 0.251 e. The third-order valence-electron chi connectivity index (χ3n) is 3.65. The Balaban J connectivity index is 2.74. The predicted octanol–water partition coefficient (Wildman–Crippen LogP) is 1.56. The van der Waals surface area contributed by atoms with Gasteiger partial charge in [0.05, 0.1) is 6.54 Å². The van der Waals surface area contributed by atoms with E-state index in [0.717, 1.165) is 6.42 Å². The van der Waals surface area contributed by atoms with E-state index in [1.807, 2.05) is 6.92 Å². The monoisotopic (exact) mass is 351 g/mol.